The number of tetrazole rings is 1. The fourth-order valence-corrected chi connectivity index (χ4v) is 7.93. The number of nitrogens with two attached hydrogens (primary N) is 1. The van der Waals surface area contributed by atoms with Crippen molar-refractivity contribution in [1.82, 2.24) is 35.7 Å². The standard InChI is InChI=1S/C24H34N8O5S/c1-11-20-19(12(2)28-18(34)9-31-10-27-29-30-31)23(35)32(20)21(24(36)37)22(11)38-16-6-15(26-8-16)7-17(33)13-3-4-14(25)5-13/h10-16,19-20,26H,3-9,25H2,1-2H3,(H,28,34)(H,36,37)/t11-,12-,13?,14-,15+,16+,19-,20-/m1/s1. The van der Waals surface area contributed by atoms with Crippen molar-refractivity contribution in [1.29, 1.82) is 0 Å². The molecule has 5 N–H and O–H groups in total. The van der Waals surface area contributed by atoms with Crippen LogP contribution in [-0.4, -0.2) is 89.7 Å². The zero-order valence-electron chi connectivity index (χ0n) is 21.4. The largest absolute Gasteiger partial charge is 0.477 e. The Bertz CT molecular complexity index is 1140. The van der Waals surface area contributed by atoms with Crippen LogP contribution in [0.2, 0.25) is 0 Å². The Hall–Kier alpha value is -2.84. The number of rotatable bonds is 10. The SMILES string of the molecule is C[C@@H](NC(=O)Cn1cnnn1)[C@H]1C(=O)N2C(C(=O)O)=C(S[C@@H]3CN[C@H](CC(=O)C4CC[C@@H](N)C4)C3)[C@H](C)[C@H]12. The monoisotopic (exact) mass is 546 g/mol. The van der Waals surface area contributed by atoms with Crippen molar-refractivity contribution in [2.24, 2.45) is 23.5 Å². The molecule has 1 aromatic heterocycles. The predicted molar refractivity (Wildman–Crippen MR) is 136 cm³/mol. The number of hydrogen-bond donors (Lipinski definition) is 4. The maximum atomic E-state index is 13.1. The van der Waals surface area contributed by atoms with Gasteiger partial charge in [-0.25, -0.2) is 9.48 Å². The fourth-order valence-electron chi connectivity index (χ4n) is 6.41. The van der Waals surface area contributed by atoms with Gasteiger partial charge in [-0.1, -0.05) is 6.92 Å². The van der Waals surface area contributed by atoms with Crippen LogP contribution in [0.25, 0.3) is 0 Å². The van der Waals surface area contributed by atoms with Crippen LogP contribution in [0.5, 0.6) is 0 Å². The molecule has 1 unspecified atom stereocenters. The summed E-state index contributed by atoms with van der Waals surface area (Å²) in [5.74, 6) is -2.16. The molecule has 0 radical (unpaired) electrons. The summed E-state index contributed by atoms with van der Waals surface area (Å²) in [6.45, 7) is 4.29. The Morgan fingerprint density at radius 2 is 2.11 bits per heavy atom. The number of carboxylic acid groups (broad SMARTS) is 1. The number of fused-ring (bicyclic) bond motifs is 1. The van der Waals surface area contributed by atoms with Gasteiger partial charge in [-0.3, -0.25) is 14.4 Å². The molecule has 3 fully saturated rings. The Morgan fingerprint density at radius 1 is 1.32 bits per heavy atom. The van der Waals surface area contributed by atoms with Crippen molar-refractivity contribution in [3.63, 3.8) is 0 Å². The van der Waals surface area contributed by atoms with E-state index in [0.29, 0.717) is 17.9 Å². The number of amides is 2. The molecule has 0 spiro atoms. The summed E-state index contributed by atoms with van der Waals surface area (Å²) in [7, 11) is 0. The second kappa shape index (κ2) is 10.7. The number of carboxylic acids is 1. The van der Waals surface area contributed by atoms with Gasteiger partial charge in [-0.15, -0.1) is 16.9 Å². The van der Waals surface area contributed by atoms with Gasteiger partial charge in [0.15, 0.2) is 0 Å². The minimum absolute atomic E-state index is 0.0421. The number of aliphatic carboxylic acids is 1. The first-order valence-corrected chi connectivity index (χ1v) is 14.0. The van der Waals surface area contributed by atoms with Gasteiger partial charge in [0, 0.05) is 53.1 Å². The molecular formula is C24H34N8O5S. The van der Waals surface area contributed by atoms with Gasteiger partial charge in [-0.05, 0) is 43.0 Å². The molecule has 5 rings (SSSR count). The summed E-state index contributed by atoms with van der Waals surface area (Å²) >= 11 is 1.50. The second-order valence-corrected chi connectivity index (χ2v) is 12.3. The van der Waals surface area contributed by atoms with E-state index in [1.54, 1.807) is 6.92 Å². The van der Waals surface area contributed by atoms with E-state index in [1.165, 1.54) is 27.7 Å². The lowest BCUT2D eigenvalue weighted by atomic mass is 9.78. The fraction of sp³-hybridized carbons (Fsp3) is 0.708. The topological polar surface area (TPSA) is 185 Å². The molecule has 14 heteroatoms. The van der Waals surface area contributed by atoms with Gasteiger partial charge in [-0.2, -0.15) is 0 Å². The molecule has 1 aliphatic carbocycles. The highest BCUT2D eigenvalue weighted by Crippen LogP contribution is 2.52. The molecule has 3 aliphatic heterocycles. The molecule has 1 aromatic rings. The number of ketones is 1. The van der Waals surface area contributed by atoms with Crippen molar-refractivity contribution in [2.45, 2.75) is 81.9 Å². The van der Waals surface area contributed by atoms with Crippen LogP contribution in [0.1, 0.15) is 46.0 Å². The van der Waals surface area contributed by atoms with E-state index < -0.39 is 17.9 Å². The Morgan fingerprint density at radius 3 is 2.76 bits per heavy atom. The van der Waals surface area contributed by atoms with Crippen LogP contribution in [-0.2, 0) is 25.7 Å². The van der Waals surface area contributed by atoms with Crippen molar-refractivity contribution in [2.75, 3.05) is 6.54 Å². The third kappa shape index (κ3) is 5.08. The lowest BCUT2D eigenvalue weighted by molar-refractivity contribution is -0.158. The average Bonchev–Trinajstić information content (AvgIpc) is 3.64. The Labute approximate surface area is 224 Å². The van der Waals surface area contributed by atoms with E-state index >= 15 is 0 Å². The molecule has 0 aromatic carbocycles. The van der Waals surface area contributed by atoms with Crippen LogP contribution in [0.15, 0.2) is 16.9 Å². The summed E-state index contributed by atoms with van der Waals surface area (Å²) in [5, 5.41) is 27.1. The first kappa shape index (κ1) is 26.8. The summed E-state index contributed by atoms with van der Waals surface area (Å²) in [5.41, 5.74) is 6.01. The van der Waals surface area contributed by atoms with E-state index in [0.717, 1.165) is 25.7 Å². The lowest BCUT2D eigenvalue weighted by Gasteiger charge is -2.47. The number of thioether (sulfide) groups is 1. The molecule has 0 bridgehead atoms. The number of Topliss-reactive ketones (excluding diaryl/α,β-unsaturated/α-hetero) is 1. The van der Waals surface area contributed by atoms with Crippen LogP contribution in [0.3, 0.4) is 0 Å². The average molecular weight is 547 g/mol. The maximum absolute atomic E-state index is 13.1. The van der Waals surface area contributed by atoms with Gasteiger partial charge < -0.3 is 26.4 Å². The minimum atomic E-state index is -1.13. The Balaban J connectivity index is 1.20. The quantitative estimate of drug-likeness (QED) is 0.277. The maximum Gasteiger partial charge on any atom is 0.353 e. The molecule has 206 valence electrons. The van der Waals surface area contributed by atoms with E-state index in [-0.39, 0.29) is 65.1 Å². The minimum Gasteiger partial charge on any atom is -0.477 e. The van der Waals surface area contributed by atoms with Crippen molar-refractivity contribution >= 4 is 35.3 Å². The summed E-state index contributed by atoms with van der Waals surface area (Å²) in [6, 6.07) is -0.642. The van der Waals surface area contributed by atoms with Crippen molar-refractivity contribution < 1.29 is 24.3 Å². The van der Waals surface area contributed by atoms with Gasteiger partial charge in [0.2, 0.25) is 11.8 Å². The number of nitrogens with zero attached hydrogens (tertiary/aromatic N) is 5. The first-order chi connectivity index (χ1) is 18.1. The van der Waals surface area contributed by atoms with Gasteiger partial charge >= 0.3 is 5.97 Å². The van der Waals surface area contributed by atoms with Crippen molar-refractivity contribution in [3.05, 3.63) is 16.9 Å². The van der Waals surface area contributed by atoms with Crippen LogP contribution in [0, 0.1) is 17.8 Å². The molecule has 4 heterocycles. The highest BCUT2D eigenvalue weighted by molar-refractivity contribution is 8.03. The predicted octanol–water partition coefficient (Wildman–Crippen LogP) is -0.499. The molecule has 1 saturated carbocycles. The third-order valence-electron chi connectivity index (χ3n) is 8.27. The molecule has 2 saturated heterocycles. The second-order valence-electron chi connectivity index (χ2n) is 10.9. The van der Waals surface area contributed by atoms with E-state index in [1.807, 2.05) is 6.92 Å². The van der Waals surface area contributed by atoms with Gasteiger partial charge in [0.25, 0.3) is 0 Å². The number of aromatic nitrogens is 4. The van der Waals surface area contributed by atoms with Crippen LogP contribution < -0.4 is 16.4 Å². The van der Waals surface area contributed by atoms with Crippen LogP contribution >= 0.6 is 11.8 Å². The molecule has 2 amide bonds. The number of hydrogen-bond acceptors (Lipinski definition) is 10. The summed E-state index contributed by atoms with van der Waals surface area (Å²) in [4.78, 5) is 52.6. The van der Waals surface area contributed by atoms with E-state index in [2.05, 4.69) is 26.2 Å². The van der Waals surface area contributed by atoms with E-state index in [4.69, 9.17) is 5.73 Å². The molecule has 38 heavy (non-hydrogen) atoms. The van der Waals surface area contributed by atoms with Crippen molar-refractivity contribution in [3.8, 4) is 0 Å². The summed E-state index contributed by atoms with van der Waals surface area (Å²) in [6.07, 6.45) is 5.07. The Kier molecular flexibility index (Phi) is 7.56. The highest BCUT2D eigenvalue weighted by Gasteiger charge is 2.60. The van der Waals surface area contributed by atoms with Gasteiger partial charge in [0.05, 0.1) is 12.0 Å². The molecular weight excluding hydrogens is 512 g/mol. The molecule has 8 atom stereocenters. The summed E-state index contributed by atoms with van der Waals surface area (Å²) < 4.78 is 1.28. The number of nitrogens with one attached hydrogen (secondary N) is 2. The van der Waals surface area contributed by atoms with Gasteiger partial charge in [0.1, 0.15) is 24.4 Å². The smallest absolute Gasteiger partial charge is 0.353 e. The number of β-lactam (4-membered cyclic amide) rings is 1. The zero-order chi connectivity index (χ0) is 27.1. The third-order valence-corrected chi connectivity index (χ3v) is 9.78. The molecule has 4 aliphatic rings. The number of carbonyl (C=O) groups is 4. The van der Waals surface area contributed by atoms with Crippen LogP contribution in [0.4, 0.5) is 0 Å². The zero-order valence-corrected chi connectivity index (χ0v) is 22.3. The molecule has 13 nitrogen and oxygen atoms in total. The number of carbonyl (C=O) groups excluding carboxylic acids is 3. The van der Waals surface area contributed by atoms with E-state index in [9.17, 15) is 24.3 Å². The lowest BCUT2D eigenvalue weighted by Crippen LogP contribution is -2.66. The highest BCUT2D eigenvalue weighted by atomic mass is 32.2. The first-order valence-electron chi connectivity index (χ1n) is 13.1. The normalized spacial score (nSPS) is 33.3.